The van der Waals surface area contributed by atoms with E-state index in [1.54, 1.807) is 6.21 Å². The predicted molar refractivity (Wildman–Crippen MR) is 91.2 cm³/mol. The van der Waals surface area contributed by atoms with Gasteiger partial charge in [0.15, 0.2) is 0 Å². The second kappa shape index (κ2) is 8.46. The maximum Gasteiger partial charge on any atom is 0.259 e. The molecule has 0 bridgehead atoms. The lowest BCUT2D eigenvalue weighted by Gasteiger charge is -2.20. The van der Waals surface area contributed by atoms with Crippen LogP contribution in [0.4, 0.5) is 0 Å². The van der Waals surface area contributed by atoms with Gasteiger partial charge in [-0.15, -0.1) is 0 Å². The van der Waals surface area contributed by atoms with E-state index in [1.165, 1.54) is 12.0 Å². The number of nitrogens with one attached hydrogen (secondary N) is 2. The fourth-order valence-corrected chi connectivity index (χ4v) is 2.86. The number of nitrogens with zero attached hydrogens (tertiary/aromatic N) is 1. The van der Waals surface area contributed by atoms with Gasteiger partial charge in [0.05, 0.1) is 12.8 Å². The quantitative estimate of drug-likeness (QED) is 0.647. The molecule has 1 saturated carbocycles. The first-order valence-corrected chi connectivity index (χ1v) is 8.23. The lowest BCUT2D eigenvalue weighted by Crippen LogP contribution is -2.38. The Labute approximate surface area is 137 Å². The molecule has 0 unspecified atom stereocenters. The first kappa shape index (κ1) is 17.2. The van der Waals surface area contributed by atoms with E-state index in [0.717, 1.165) is 36.8 Å². The molecular weight excluding hydrogens is 290 g/mol. The molecule has 0 spiro atoms. The number of carbonyl (C=O) groups is 2. The first-order chi connectivity index (χ1) is 11.1. The van der Waals surface area contributed by atoms with Gasteiger partial charge in [-0.05, 0) is 37.8 Å². The summed E-state index contributed by atoms with van der Waals surface area (Å²) in [5.74, 6) is -0.261. The largest absolute Gasteiger partial charge is 0.347 e. The summed E-state index contributed by atoms with van der Waals surface area (Å²) in [4.78, 5) is 23.7. The third-order valence-corrected chi connectivity index (χ3v) is 4.22. The number of hydrogen-bond donors (Lipinski definition) is 2. The van der Waals surface area contributed by atoms with Crippen molar-refractivity contribution in [1.82, 2.24) is 10.7 Å². The van der Waals surface area contributed by atoms with Crippen molar-refractivity contribution in [3.8, 4) is 0 Å². The van der Waals surface area contributed by atoms with Crippen molar-refractivity contribution < 1.29 is 9.59 Å². The molecule has 0 heterocycles. The molecular formula is C18H25N3O2. The van der Waals surface area contributed by atoms with E-state index in [4.69, 9.17) is 0 Å². The Bertz CT molecular complexity index is 590. The van der Waals surface area contributed by atoms with Crippen LogP contribution in [0.15, 0.2) is 23.3 Å². The van der Waals surface area contributed by atoms with Gasteiger partial charge in [-0.3, -0.25) is 9.59 Å². The zero-order valence-electron chi connectivity index (χ0n) is 13.9. The summed E-state index contributed by atoms with van der Waals surface area (Å²) in [7, 11) is 0. The van der Waals surface area contributed by atoms with Crippen LogP contribution in [-0.2, 0) is 9.59 Å². The summed E-state index contributed by atoms with van der Waals surface area (Å²) in [6, 6.07) is 6.03. The fourth-order valence-electron chi connectivity index (χ4n) is 2.86. The van der Waals surface area contributed by atoms with Gasteiger partial charge in [-0.1, -0.05) is 43.0 Å². The molecule has 1 aromatic rings. The zero-order chi connectivity index (χ0) is 16.7. The van der Waals surface area contributed by atoms with Gasteiger partial charge >= 0.3 is 0 Å². The molecule has 0 aromatic heterocycles. The Hall–Kier alpha value is -2.17. The van der Waals surface area contributed by atoms with Crippen molar-refractivity contribution in [3.63, 3.8) is 0 Å². The van der Waals surface area contributed by atoms with Crippen molar-refractivity contribution >= 4 is 18.0 Å². The van der Waals surface area contributed by atoms with E-state index < -0.39 is 0 Å². The number of benzene rings is 1. The standard InChI is InChI=1S/C18H25N3O2/c1-13-8-9-16(14(2)10-13)11-20-21-17(22)12-19-18(23)15-6-4-3-5-7-15/h8-11,15H,3-7,12H2,1-2H3,(H,19,23)(H,21,22)/b20-11+. The van der Waals surface area contributed by atoms with Gasteiger partial charge in [0.2, 0.25) is 5.91 Å². The van der Waals surface area contributed by atoms with Gasteiger partial charge in [-0.25, -0.2) is 5.43 Å². The number of amides is 2. The van der Waals surface area contributed by atoms with E-state index in [0.29, 0.717) is 0 Å². The van der Waals surface area contributed by atoms with E-state index >= 15 is 0 Å². The lowest BCUT2D eigenvalue weighted by molar-refractivity contribution is -0.129. The minimum atomic E-state index is -0.310. The van der Waals surface area contributed by atoms with Crippen molar-refractivity contribution in [2.75, 3.05) is 6.54 Å². The smallest absolute Gasteiger partial charge is 0.259 e. The van der Waals surface area contributed by atoms with Crippen LogP contribution in [0, 0.1) is 19.8 Å². The van der Waals surface area contributed by atoms with Crippen molar-refractivity contribution in [2.45, 2.75) is 46.0 Å². The molecule has 0 atom stereocenters. The maximum absolute atomic E-state index is 11.9. The molecule has 0 radical (unpaired) electrons. The number of hydrazone groups is 1. The van der Waals surface area contributed by atoms with Gasteiger partial charge in [0.1, 0.15) is 0 Å². The van der Waals surface area contributed by atoms with Crippen LogP contribution >= 0.6 is 0 Å². The predicted octanol–water partition coefficient (Wildman–Crippen LogP) is 2.45. The molecule has 1 fully saturated rings. The third-order valence-electron chi connectivity index (χ3n) is 4.22. The van der Waals surface area contributed by atoms with Crippen LogP contribution in [0.3, 0.4) is 0 Å². The molecule has 1 aliphatic carbocycles. The Morgan fingerprint density at radius 2 is 1.96 bits per heavy atom. The van der Waals surface area contributed by atoms with Crippen LogP contribution in [0.1, 0.15) is 48.8 Å². The Balaban J connectivity index is 1.74. The molecule has 5 heteroatoms. The molecule has 23 heavy (non-hydrogen) atoms. The van der Waals surface area contributed by atoms with E-state index in [2.05, 4.69) is 21.9 Å². The van der Waals surface area contributed by atoms with E-state index in [-0.39, 0.29) is 24.3 Å². The average molecular weight is 315 g/mol. The number of rotatable bonds is 5. The monoisotopic (exact) mass is 315 g/mol. The van der Waals surface area contributed by atoms with Gasteiger partial charge in [-0.2, -0.15) is 5.10 Å². The van der Waals surface area contributed by atoms with Crippen LogP contribution in [0.2, 0.25) is 0 Å². The molecule has 1 aromatic carbocycles. The summed E-state index contributed by atoms with van der Waals surface area (Å²) in [5, 5.41) is 6.64. The van der Waals surface area contributed by atoms with Crippen LogP contribution < -0.4 is 10.7 Å². The van der Waals surface area contributed by atoms with Crippen molar-refractivity contribution in [2.24, 2.45) is 11.0 Å². The first-order valence-electron chi connectivity index (χ1n) is 8.23. The molecule has 2 amide bonds. The normalized spacial score (nSPS) is 15.6. The summed E-state index contributed by atoms with van der Waals surface area (Å²) in [5.41, 5.74) is 5.70. The molecule has 2 N–H and O–H groups in total. The topological polar surface area (TPSA) is 70.6 Å². The van der Waals surface area contributed by atoms with Crippen molar-refractivity contribution in [1.29, 1.82) is 0 Å². The Kier molecular flexibility index (Phi) is 6.32. The molecule has 2 rings (SSSR count). The third kappa shape index (κ3) is 5.51. The molecule has 0 saturated heterocycles. The summed E-state index contributed by atoms with van der Waals surface area (Å²) in [6.07, 6.45) is 6.89. The second-order valence-electron chi connectivity index (χ2n) is 6.21. The maximum atomic E-state index is 11.9. The number of aryl methyl sites for hydroxylation is 2. The molecule has 5 nitrogen and oxygen atoms in total. The zero-order valence-corrected chi connectivity index (χ0v) is 13.9. The van der Waals surface area contributed by atoms with Gasteiger partial charge < -0.3 is 5.32 Å². The highest BCUT2D eigenvalue weighted by atomic mass is 16.2. The Morgan fingerprint density at radius 3 is 2.65 bits per heavy atom. The minimum absolute atomic E-state index is 0.0155. The summed E-state index contributed by atoms with van der Waals surface area (Å²) >= 11 is 0. The molecule has 1 aliphatic rings. The highest BCUT2D eigenvalue weighted by Crippen LogP contribution is 2.23. The van der Waals surface area contributed by atoms with Crippen molar-refractivity contribution in [3.05, 3.63) is 34.9 Å². The SMILES string of the molecule is Cc1ccc(/C=N/NC(=O)CNC(=O)C2CCCCC2)c(C)c1. The average Bonchev–Trinajstić information content (AvgIpc) is 2.55. The minimum Gasteiger partial charge on any atom is -0.347 e. The van der Waals surface area contributed by atoms with E-state index in [9.17, 15) is 9.59 Å². The fraction of sp³-hybridized carbons (Fsp3) is 0.500. The van der Waals surface area contributed by atoms with Gasteiger partial charge in [0.25, 0.3) is 5.91 Å². The molecule has 124 valence electrons. The van der Waals surface area contributed by atoms with Crippen LogP contribution in [-0.4, -0.2) is 24.6 Å². The molecule has 0 aliphatic heterocycles. The number of hydrogen-bond acceptors (Lipinski definition) is 3. The summed E-state index contributed by atoms with van der Waals surface area (Å²) in [6.45, 7) is 4.00. The Morgan fingerprint density at radius 1 is 1.22 bits per heavy atom. The second-order valence-corrected chi connectivity index (χ2v) is 6.21. The highest BCUT2D eigenvalue weighted by Gasteiger charge is 2.21. The highest BCUT2D eigenvalue weighted by molar-refractivity contribution is 5.87. The van der Waals surface area contributed by atoms with E-state index in [1.807, 2.05) is 26.0 Å². The summed E-state index contributed by atoms with van der Waals surface area (Å²) < 4.78 is 0. The number of carbonyl (C=O) groups excluding carboxylic acids is 2. The van der Waals surface area contributed by atoms with Crippen LogP contribution in [0.5, 0.6) is 0 Å². The van der Waals surface area contributed by atoms with Crippen LogP contribution in [0.25, 0.3) is 0 Å². The lowest BCUT2D eigenvalue weighted by atomic mass is 9.89. The van der Waals surface area contributed by atoms with Gasteiger partial charge in [0, 0.05) is 5.92 Å².